The molecule has 0 spiro atoms. The molecule has 0 bridgehead atoms. The highest BCUT2D eigenvalue weighted by Crippen LogP contribution is 2.19. The first-order valence-electron chi connectivity index (χ1n) is 9.41. The van der Waals surface area contributed by atoms with Crippen LogP contribution in [0, 0.1) is 24.4 Å². The second-order valence-corrected chi connectivity index (χ2v) is 7.31. The van der Waals surface area contributed by atoms with Crippen molar-refractivity contribution in [1.82, 2.24) is 9.47 Å². The number of aromatic nitrogens is 1. The minimum absolute atomic E-state index is 0.00275. The Morgan fingerprint density at radius 2 is 1.77 bits per heavy atom. The first-order chi connectivity index (χ1) is 14.6. The van der Waals surface area contributed by atoms with E-state index in [0.717, 1.165) is 18.2 Å². The van der Waals surface area contributed by atoms with Crippen molar-refractivity contribution in [2.45, 2.75) is 13.5 Å². The largest absolute Gasteiger partial charge is 0.489 e. The molecule has 0 saturated heterocycles. The van der Waals surface area contributed by atoms with Gasteiger partial charge >= 0.3 is 0 Å². The van der Waals surface area contributed by atoms with Crippen LogP contribution in [0.25, 0.3) is 5.69 Å². The number of amides is 1. The van der Waals surface area contributed by atoms with Gasteiger partial charge in [-0.15, -0.1) is 0 Å². The van der Waals surface area contributed by atoms with E-state index in [0.29, 0.717) is 5.69 Å². The molecule has 160 valence electrons. The number of carbonyl (C=O) groups excluding carboxylic acids is 1. The zero-order chi connectivity index (χ0) is 22.9. The molecule has 0 radical (unpaired) electrons. The van der Waals surface area contributed by atoms with E-state index in [1.807, 2.05) is 0 Å². The summed E-state index contributed by atoms with van der Waals surface area (Å²) >= 11 is 0. The number of pyridine rings is 1. The Bertz CT molecular complexity index is 1230. The lowest BCUT2D eigenvalue weighted by Gasteiger charge is -2.17. The summed E-state index contributed by atoms with van der Waals surface area (Å²) < 4.78 is 48.4. The van der Waals surface area contributed by atoms with E-state index in [9.17, 15) is 22.8 Å². The van der Waals surface area contributed by atoms with Gasteiger partial charge in [0.1, 0.15) is 29.8 Å². The summed E-state index contributed by atoms with van der Waals surface area (Å²) in [5, 5.41) is 0. The molecule has 3 rings (SSSR count). The van der Waals surface area contributed by atoms with Crippen molar-refractivity contribution in [2.75, 3.05) is 14.1 Å². The van der Waals surface area contributed by atoms with Gasteiger partial charge in [-0.1, -0.05) is 0 Å². The monoisotopic (exact) mass is 428 g/mol. The standard InChI is InChI=1S/C22H20BF3N2O3/c1-12-8-19(31-11-14-4-6-15(24)10-16(14)25)20(23)22(30)28(12)18-7-5-13(9-17(18)26)21(29)27(2)3/h4-10H,11,23H2,1-3H3. The highest BCUT2D eigenvalue weighted by Gasteiger charge is 2.17. The van der Waals surface area contributed by atoms with Gasteiger partial charge in [-0.2, -0.15) is 0 Å². The molecule has 31 heavy (non-hydrogen) atoms. The van der Waals surface area contributed by atoms with Crippen LogP contribution in [0.5, 0.6) is 5.75 Å². The average molecular weight is 428 g/mol. The van der Waals surface area contributed by atoms with Gasteiger partial charge in [-0.05, 0) is 43.3 Å². The van der Waals surface area contributed by atoms with Crippen LogP contribution in [0.3, 0.4) is 0 Å². The molecule has 0 aliphatic carbocycles. The second-order valence-electron chi connectivity index (χ2n) is 7.31. The molecule has 0 saturated carbocycles. The van der Waals surface area contributed by atoms with Crippen LogP contribution >= 0.6 is 0 Å². The molecule has 1 heterocycles. The first kappa shape index (κ1) is 22.2. The summed E-state index contributed by atoms with van der Waals surface area (Å²) in [5.41, 5.74) is 0.360. The normalized spacial score (nSPS) is 10.8. The molecule has 1 aromatic heterocycles. The summed E-state index contributed by atoms with van der Waals surface area (Å²) in [6.07, 6.45) is 0. The molecule has 0 aliphatic heterocycles. The molecule has 0 aliphatic rings. The molecule has 2 aromatic carbocycles. The van der Waals surface area contributed by atoms with Gasteiger partial charge < -0.3 is 9.64 Å². The van der Waals surface area contributed by atoms with E-state index in [-0.39, 0.29) is 40.5 Å². The molecule has 0 atom stereocenters. The van der Waals surface area contributed by atoms with Crippen molar-refractivity contribution < 1.29 is 22.7 Å². The van der Waals surface area contributed by atoms with Crippen molar-refractivity contribution in [3.63, 3.8) is 0 Å². The van der Waals surface area contributed by atoms with Gasteiger partial charge in [-0.3, -0.25) is 14.2 Å². The molecule has 3 aromatic rings. The number of aryl methyl sites for hydroxylation is 1. The summed E-state index contributed by atoms with van der Waals surface area (Å²) in [5.74, 6) is -2.32. The predicted molar refractivity (Wildman–Crippen MR) is 114 cm³/mol. The van der Waals surface area contributed by atoms with E-state index < -0.39 is 23.0 Å². The Morgan fingerprint density at radius 3 is 2.39 bits per heavy atom. The van der Waals surface area contributed by atoms with Crippen LogP contribution in [-0.4, -0.2) is 37.3 Å². The van der Waals surface area contributed by atoms with Crippen LogP contribution < -0.4 is 15.8 Å². The molecule has 0 N–H and O–H groups in total. The van der Waals surface area contributed by atoms with Gasteiger partial charge in [0.2, 0.25) is 0 Å². The van der Waals surface area contributed by atoms with Crippen molar-refractivity contribution >= 4 is 19.2 Å². The number of ether oxygens (including phenoxy) is 1. The van der Waals surface area contributed by atoms with Crippen molar-refractivity contribution in [2.24, 2.45) is 0 Å². The maximum absolute atomic E-state index is 14.8. The Balaban J connectivity index is 1.95. The van der Waals surface area contributed by atoms with Crippen LogP contribution in [0.1, 0.15) is 21.6 Å². The first-order valence-corrected chi connectivity index (χ1v) is 9.41. The molecular formula is C22H20BF3N2O3. The Morgan fingerprint density at radius 1 is 1.06 bits per heavy atom. The third-order valence-corrected chi connectivity index (χ3v) is 4.83. The van der Waals surface area contributed by atoms with Gasteiger partial charge in [0.25, 0.3) is 11.5 Å². The van der Waals surface area contributed by atoms with Gasteiger partial charge in [0.05, 0.1) is 5.69 Å². The number of halogens is 3. The SMILES string of the molecule is Bc1c(OCc2ccc(F)cc2F)cc(C)n(-c2ccc(C(=O)N(C)C)cc2F)c1=O. The third kappa shape index (κ3) is 4.50. The van der Waals surface area contributed by atoms with Crippen LogP contribution in [-0.2, 0) is 6.61 Å². The number of carbonyl (C=O) groups is 1. The van der Waals surface area contributed by atoms with E-state index in [4.69, 9.17) is 4.74 Å². The fraction of sp³-hybridized carbons (Fsp3) is 0.182. The van der Waals surface area contributed by atoms with Gasteiger partial charge in [-0.25, -0.2) is 13.2 Å². The lowest BCUT2D eigenvalue weighted by Crippen LogP contribution is -2.36. The number of rotatable bonds is 5. The molecule has 0 fully saturated rings. The lowest BCUT2D eigenvalue weighted by atomic mass is 9.96. The third-order valence-electron chi connectivity index (χ3n) is 4.83. The number of hydrogen-bond acceptors (Lipinski definition) is 3. The van der Waals surface area contributed by atoms with Crippen molar-refractivity contribution in [3.8, 4) is 11.4 Å². The molecule has 5 nitrogen and oxygen atoms in total. The predicted octanol–water partition coefficient (Wildman–Crippen LogP) is 2.10. The molecule has 0 unspecified atom stereocenters. The summed E-state index contributed by atoms with van der Waals surface area (Å²) in [6.45, 7) is 1.40. The number of hydrogen-bond donors (Lipinski definition) is 0. The number of benzene rings is 2. The van der Waals surface area contributed by atoms with E-state index in [1.54, 1.807) is 21.0 Å². The lowest BCUT2D eigenvalue weighted by molar-refractivity contribution is 0.0827. The topological polar surface area (TPSA) is 51.5 Å². The highest BCUT2D eigenvalue weighted by molar-refractivity contribution is 6.34. The molecule has 1 amide bonds. The van der Waals surface area contributed by atoms with Crippen molar-refractivity contribution in [1.29, 1.82) is 0 Å². The average Bonchev–Trinajstić information content (AvgIpc) is 2.71. The maximum Gasteiger partial charge on any atom is 0.253 e. The number of nitrogens with zero attached hydrogens (tertiary/aromatic N) is 2. The van der Waals surface area contributed by atoms with Crippen LogP contribution in [0.4, 0.5) is 13.2 Å². The fourth-order valence-electron chi connectivity index (χ4n) is 3.12. The Labute approximate surface area is 178 Å². The highest BCUT2D eigenvalue weighted by atomic mass is 19.1. The minimum atomic E-state index is -0.753. The second kappa shape index (κ2) is 8.71. The van der Waals surface area contributed by atoms with Gasteiger partial charge in [0.15, 0.2) is 7.85 Å². The van der Waals surface area contributed by atoms with E-state index in [1.165, 1.54) is 41.6 Å². The summed E-state index contributed by atoms with van der Waals surface area (Å²) in [6, 6.07) is 8.57. The Kier molecular flexibility index (Phi) is 6.24. The minimum Gasteiger partial charge on any atom is -0.489 e. The molecule has 9 heteroatoms. The summed E-state index contributed by atoms with van der Waals surface area (Å²) in [4.78, 5) is 26.3. The molecular weight excluding hydrogens is 408 g/mol. The zero-order valence-corrected chi connectivity index (χ0v) is 17.5. The van der Waals surface area contributed by atoms with E-state index in [2.05, 4.69) is 0 Å². The van der Waals surface area contributed by atoms with Crippen LogP contribution in [0.15, 0.2) is 47.3 Å². The summed E-state index contributed by atoms with van der Waals surface area (Å²) in [7, 11) is 4.63. The fourth-order valence-corrected chi connectivity index (χ4v) is 3.12. The van der Waals surface area contributed by atoms with Crippen LogP contribution in [0.2, 0.25) is 0 Å². The zero-order valence-electron chi connectivity index (χ0n) is 17.5. The maximum atomic E-state index is 14.8. The van der Waals surface area contributed by atoms with Gasteiger partial charge in [0, 0.05) is 42.4 Å². The van der Waals surface area contributed by atoms with Crippen molar-refractivity contribution in [3.05, 3.63) is 87.1 Å². The van der Waals surface area contributed by atoms with E-state index >= 15 is 0 Å². The smallest absolute Gasteiger partial charge is 0.253 e. The Hall–Kier alpha value is -3.49. The quantitative estimate of drug-likeness (QED) is 0.586.